The van der Waals surface area contributed by atoms with Crippen molar-refractivity contribution in [2.24, 2.45) is 12.8 Å². The molecule has 2 N–H and O–H groups in total. The van der Waals surface area contributed by atoms with Crippen molar-refractivity contribution in [3.63, 3.8) is 0 Å². The Hall–Kier alpha value is -4.43. The van der Waals surface area contributed by atoms with Crippen molar-refractivity contribution in [3.8, 4) is 11.3 Å². The van der Waals surface area contributed by atoms with Gasteiger partial charge in [-0.15, -0.1) is 0 Å². The summed E-state index contributed by atoms with van der Waals surface area (Å²) >= 11 is 0. The van der Waals surface area contributed by atoms with E-state index in [4.69, 9.17) is 10.7 Å². The van der Waals surface area contributed by atoms with Gasteiger partial charge in [-0.25, -0.2) is 9.97 Å². The molecule has 0 spiro atoms. The van der Waals surface area contributed by atoms with Crippen LogP contribution in [0.1, 0.15) is 27.9 Å². The van der Waals surface area contributed by atoms with Gasteiger partial charge in [0, 0.05) is 18.0 Å². The molecule has 0 aliphatic carbocycles. The Bertz CT molecular complexity index is 1700. The smallest absolute Gasteiger partial charge is 0.274 e. The zero-order valence-corrected chi connectivity index (χ0v) is 19.7. The minimum Gasteiger partial charge on any atom is -0.336 e. The number of nitrogens with zero attached hydrogens (tertiary/aromatic N) is 7. The largest absolute Gasteiger partial charge is 0.336 e. The third-order valence-electron chi connectivity index (χ3n) is 6.62. The maximum absolute atomic E-state index is 7.33. The highest BCUT2D eigenvalue weighted by Gasteiger charge is 2.35. The molecule has 0 saturated carbocycles. The summed E-state index contributed by atoms with van der Waals surface area (Å²) in [7, 11) is 1.96. The fraction of sp³-hybridized carbons (Fsp3) is 0.148. The van der Waals surface area contributed by atoms with E-state index >= 15 is 0 Å². The first kappa shape index (κ1) is 21.1. The lowest BCUT2D eigenvalue weighted by atomic mass is 9.80. The zero-order chi connectivity index (χ0) is 24.2. The van der Waals surface area contributed by atoms with E-state index in [1.807, 2.05) is 36.0 Å². The summed E-state index contributed by atoms with van der Waals surface area (Å²) < 4.78 is 3.63. The zero-order valence-electron chi connectivity index (χ0n) is 19.7. The fourth-order valence-electron chi connectivity index (χ4n) is 4.75. The first-order valence-electron chi connectivity index (χ1n) is 11.4. The lowest BCUT2D eigenvalue weighted by molar-refractivity contribution is 0.596. The average Bonchev–Trinajstić information content (AvgIpc) is 3.52. The van der Waals surface area contributed by atoms with Crippen LogP contribution in [-0.2, 0) is 12.6 Å². The number of fused-ring (bicyclic) bond motifs is 3. The first-order chi connectivity index (χ1) is 16.9. The monoisotopic (exact) mass is 460 g/mol. The van der Waals surface area contributed by atoms with Crippen LogP contribution in [0, 0.1) is 13.8 Å². The second-order valence-electron chi connectivity index (χ2n) is 9.02. The highest BCUT2D eigenvalue weighted by molar-refractivity contribution is 5.94. The van der Waals surface area contributed by atoms with Gasteiger partial charge in [-0.1, -0.05) is 64.8 Å². The molecule has 3 aromatic carbocycles. The molecular formula is C27H24N8. The van der Waals surface area contributed by atoms with E-state index in [1.165, 1.54) is 5.56 Å². The first-order valence-corrected chi connectivity index (χ1v) is 11.4. The third kappa shape index (κ3) is 3.30. The summed E-state index contributed by atoms with van der Waals surface area (Å²) in [6.07, 6.45) is 3.60. The van der Waals surface area contributed by atoms with Crippen molar-refractivity contribution in [2.75, 3.05) is 0 Å². The Morgan fingerprint density at radius 1 is 0.886 bits per heavy atom. The molecule has 35 heavy (non-hydrogen) atoms. The number of aryl methyl sites for hydroxylation is 3. The summed E-state index contributed by atoms with van der Waals surface area (Å²) in [5, 5.41) is 13.0. The van der Waals surface area contributed by atoms with Crippen LogP contribution in [0.4, 0.5) is 0 Å². The average molecular weight is 461 g/mol. The number of hydrogen-bond acceptors (Lipinski definition) is 6. The highest BCUT2D eigenvalue weighted by atomic mass is 15.5. The Morgan fingerprint density at radius 2 is 1.69 bits per heavy atom. The molecule has 6 rings (SSSR count). The van der Waals surface area contributed by atoms with E-state index in [9.17, 15) is 0 Å². The van der Waals surface area contributed by atoms with Crippen molar-refractivity contribution in [1.82, 2.24) is 34.6 Å². The molecule has 8 nitrogen and oxygen atoms in total. The Kier molecular flexibility index (Phi) is 4.72. The van der Waals surface area contributed by atoms with Gasteiger partial charge in [-0.2, -0.15) is 4.52 Å². The molecule has 1 atom stereocenters. The minimum absolute atomic E-state index is 0.450. The van der Waals surface area contributed by atoms with E-state index in [-0.39, 0.29) is 0 Å². The number of benzene rings is 3. The molecule has 0 aliphatic rings. The lowest BCUT2D eigenvalue weighted by Gasteiger charge is -2.31. The normalized spacial score (nSPS) is 13.4. The molecular weight excluding hydrogens is 436 g/mol. The lowest BCUT2D eigenvalue weighted by Crippen LogP contribution is -2.41. The number of nitrogens with two attached hydrogens (primary N) is 1. The Morgan fingerprint density at radius 3 is 2.43 bits per heavy atom. The van der Waals surface area contributed by atoms with Crippen LogP contribution in [0.2, 0.25) is 0 Å². The van der Waals surface area contributed by atoms with Gasteiger partial charge in [-0.3, -0.25) is 0 Å². The van der Waals surface area contributed by atoms with Gasteiger partial charge in [0.15, 0.2) is 0 Å². The van der Waals surface area contributed by atoms with Crippen LogP contribution >= 0.6 is 0 Å². The quantitative estimate of drug-likeness (QED) is 0.428. The maximum atomic E-state index is 7.33. The molecule has 0 amide bonds. The van der Waals surface area contributed by atoms with Gasteiger partial charge in [-0.05, 0) is 53.6 Å². The van der Waals surface area contributed by atoms with Gasteiger partial charge in [0.1, 0.15) is 5.54 Å². The van der Waals surface area contributed by atoms with E-state index in [2.05, 4.69) is 82.9 Å². The summed E-state index contributed by atoms with van der Waals surface area (Å²) in [5.41, 5.74) is 14.1. The van der Waals surface area contributed by atoms with Crippen molar-refractivity contribution in [2.45, 2.75) is 19.4 Å². The second kappa shape index (κ2) is 7.82. The molecule has 0 saturated heterocycles. The number of tetrazole rings is 1. The summed E-state index contributed by atoms with van der Waals surface area (Å²) in [6.45, 7) is 4.14. The van der Waals surface area contributed by atoms with E-state index in [1.54, 1.807) is 10.8 Å². The van der Waals surface area contributed by atoms with Gasteiger partial charge in [0.05, 0.1) is 29.4 Å². The predicted molar refractivity (Wildman–Crippen MR) is 135 cm³/mol. The molecule has 1 unspecified atom stereocenters. The summed E-state index contributed by atoms with van der Waals surface area (Å²) in [6, 6.07) is 22.8. The molecule has 3 aromatic heterocycles. The molecule has 0 radical (unpaired) electrons. The molecule has 0 bridgehead atoms. The third-order valence-corrected chi connectivity index (χ3v) is 6.62. The topological polar surface area (TPSA) is 99.8 Å². The van der Waals surface area contributed by atoms with Gasteiger partial charge >= 0.3 is 0 Å². The van der Waals surface area contributed by atoms with Crippen LogP contribution in [-0.4, -0.2) is 34.6 Å². The van der Waals surface area contributed by atoms with E-state index < -0.39 is 5.54 Å². The van der Waals surface area contributed by atoms with Crippen LogP contribution in [0.5, 0.6) is 0 Å². The molecule has 0 aliphatic heterocycles. The predicted octanol–water partition coefficient (Wildman–Crippen LogP) is 3.94. The van der Waals surface area contributed by atoms with Crippen LogP contribution in [0.15, 0.2) is 79.3 Å². The fourth-order valence-corrected chi connectivity index (χ4v) is 4.75. The number of hydrogen-bond donors (Lipinski definition) is 1. The Labute approximate surface area is 202 Å². The molecule has 3 heterocycles. The van der Waals surface area contributed by atoms with E-state index in [0.717, 1.165) is 44.5 Å². The van der Waals surface area contributed by atoms with E-state index in [0.29, 0.717) is 5.78 Å². The second-order valence-corrected chi connectivity index (χ2v) is 9.02. The number of rotatable bonds is 4. The maximum Gasteiger partial charge on any atom is 0.274 e. The molecule has 8 heteroatoms. The molecule has 6 aromatic rings. The van der Waals surface area contributed by atoms with Crippen LogP contribution in [0.25, 0.3) is 27.9 Å². The highest BCUT2D eigenvalue weighted by Crippen LogP contribution is 2.37. The Balaban J connectivity index is 1.68. The van der Waals surface area contributed by atoms with Gasteiger partial charge in [0.2, 0.25) is 0 Å². The molecule has 172 valence electrons. The standard InChI is InChI=1S/C27H24N8/c1-17-7-9-20(10-8-17)27(28,24-15-29-16-34(24)3)21-11-12-23-22(14-21)25(19-6-4-5-18(2)13-19)30-26-31-32-33-35(23)26/h4-16H,28H2,1-3H3. The summed E-state index contributed by atoms with van der Waals surface area (Å²) in [4.78, 5) is 9.20. The minimum atomic E-state index is -0.938. The molecule has 0 fully saturated rings. The number of imidazole rings is 1. The van der Waals surface area contributed by atoms with Crippen molar-refractivity contribution < 1.29 is 0 Å². The number of aromatic nitrogens is 7. The van der Waals surface area contributed by atoms with Crippen molar-refractivity contribution in [3.05, 3.63) is 107 Å². The van der Waals surface area contributed by atoms with Crippen LogP contribution in [0.3, 0.4) is 0 Å². The summed E-state index contributed by atoms with van der Waals surface area (Å²) in [5.74, 6) is 0.450. The van der Waals surface area contributed by atoms with Crippen molar-refractivity contribution in [1.29, 1.82) is 0 Å². The van der Waals surface area contributed by atoms with Gasteiger partial charge < -0.3 is 10.3 Å². The van der Waals surface area contributed by atoms with Gasteiger partial charge in [0.25, 0.3) is 5.78 Å². The SMILES string of the molecule is Cc1ccc(C(N)(c2ccc3c(c2)c(-c2cccc(C)c2)nc2nnnn23)c2cncn2C)cc1. The van der Waals surface area contributed by atoms with Crippen LogP contribution < -0.4 is 5.73 Å². The van der Waals surface area contributed by atoms with Crippen molar-refractivity contribution >= 4 is 16.7 Å².